The van der Waals surface area contributed by atoms with Gasteiger partial charge < -0.3 is 4.74 Å². The Labute approximate surface area is 252 Å². The van der Waals surface area contributed by atoms with Crippen LogP contribution < -0.4 is 15.5 Å². The largest absolute Gasteiger partial charge is 0.478 e. The molecule has 0 radical (unpaired) electrons. The van der Waals surface area contributed by atoms with E-state index >= 15 is 0 Å². The molecule has 42 heavy (non-hydrogen) atoms. The zero-order chi connectivity index (χ0) is 30.9. The molecular weight excluding hydrogens is 569 g/mol. The number of aryl methyl sites for hydroxylation is 3. The van der Waals surface area contributed by atoms with Crippen molar-refractivity contribution in [1.82, 2.24) is 9.21 Å². The second-order valence-electron chi connectivity index (χ2n) is 10.2. The lowest BCUT2D eigenvalue weighted by Crippen LogP contribution is -2.34. The monoisotopic (exact) mass is 606 g/mol. The molecule has 0 bridgehead atoms. The predicted octanol–water partition coefficient (Wildman–Crippen LogP) is 4.64. The lowest BCUT2D eigenvalue weighted by atomic mass is 10.1. The molecule has 0 amide bonds. The smallest absolute Gasteiger partial charge is 0.244 e. The molecule has 1 aromatic heterocycles. The van der Waals surface area contributed by atoms with Gasteiger partial charge in [-0.25, -0.2) is 12.7 Å². The third kappa shape index (κ3) is 9.15. The first-order valence-electron chi connectivity index (χ1n) is 13.3. The number of hydrogen-bond donors (Lipinski definition) is 0. The molecule has 222 valence electrons. The quantitative estimate of drug-likeness (QED) is 0.226. The zero-order valence-electron chi connectivity index (χ0n) is 25.2. The van der Waals surface area contributed by atoms with E-state index in [1.165, 1.54) is 35.3 Å². The van der Waals surface area contributed by atoms with Crippen LogP contribution in [0.25, 0.3) is 0 Å². The molecule has 0 atom stereocenters. The van der Waals surface area contributed by atoms with Gasteiger partial charge in [0.05, 0.1) is 10.2 Å². The maximum Gasteiger partial charge on any atom is 0.244 e. The summed E-state index contributed by atoms with van der Waals surface area (Å²) in [4.78, 5) is 23.2. The number of ketones is 1. The van der Waals surface area contributed by atoms with Crippen molar-refractivity contribution < 1.29 is 17.9 Å². The number of sulfonamides is 1. The lowest BCUT2D eigenvalue weighted by molar-refractivity contribution is 0.104. The molecule has 4 aromatic rings. The Balaban J connectivity index is 0.000000175. The van der Waals surface area contributed by atoms with Crippen molar-refractivity contribution in [2.24, 2.45) is 9.98 Å². The fraction of sp³-hybridized carbons (Fsp3) is 0.281. The average Bonchev–Trinajstić information content (AvgIpc) is 3.64. The van der Waals surface area contributed by atoms with Gasteiger partial charge in [-0.3, -0.25) is 19.7 Å². The van der Waals surface area contributed by atoms with Gasteiger partial charge in [-0.05, 0) is 87.8 Å². The SMILES string of the molecule is Cc1cc(S(=O)(=O)N(C)C)c2c(c1)=NCN=2.Cc1cccc(C(=O)c2cccs2)c1.Cc1cccc(OCN(C)C)c1. The Bertz CT molecular complexity index is 1730. The summed E-state index contributed by atoms with van der Waals surface area (Å²) in [6.45, 7) is 6.84. The van der Waals surface area contributed by atoms with Gasteiger partial charge in [-0.1, -0.05) is 42.0 Å². The summed E-state index contributed by atoms with van der Waals surface area (Å²) in [5.41, 5.74) is 3.99. The van der Waals surface area contributed by atoms with Crippen molar-refractivity contribution in [3.63, 3.8) is 0 Å². The van der Waals surface area contributed by atoms with Crippen LogP contribution in [0.4, 0.5) is 0 Å². The van der Waals surface area contributed by atoms with E-state index < -0.39 is 10.0 Å². The summed E-state index contributed by atoms with van der Waals surface area (Å²) in [5, 5.41) is 3.07. The number of carbonyl (C=O) groups is 1. The molecule has 0 spiro atoms. The number of ether oxygens (including phenoxy) is 1. The number of fused-ring (bicyclic) bond motifs is 1. The number of carbonyl (C=O) groups excluding carboxylic acids is 1. The molecule has 2 heterocycles. The van der Waals surface area contributed by atoms with Crippen molar-refractivity contribution in [1.29, 1.82) is 0 Å². The average molecular weight is 607 g/mol. The fourth-order valence-corrected chi connectivity index (χ4v) is 5.65. The molecule has 5 rings (SSSR count). The van der Waals surface area contributed by atoms with Crippen LogP contribution in [-0.4, -0.2) is 65.0 Å². The highest BCUT2D eigenvalue weighted by molar-refractivity contribution is 7.89. The summed E-state index contributed by atoms with van der Waals surface area (Å²) in [5.74, 6) is 1.05. The second kappa shape index (κ2) is 15.0. The summed E-state index contributed by atoms with van der Waals surface area (Å²) < 4.78 is 30.8. The van der Waals surface area contributed by atoms with Crippen LogP contribution in [0.1, 0.15) is 31.9 Å². The maximum atomic E-state index is 12.1. The van der Waals surface area contributed by atoms with Crippen LogP contribution in [0.2, 0.25) is 0 Å². The number of rotatable bonds is 7. The standard InChI is InChI=1S/C12H10OS.C10H13N3O2S.C10H15NO/c1-9-4-2-5-10(8-9)12(13)11-6-3-7-14-11;1-7-4-8-10(12-6-11-8)9(5-7)16(14,15)13(2)3;1-9-5-4-6-10(7-9)12-8-11(2)3/h2-8H,1H3;4-5H,6H2,1-3H3;4-7H,8H2,1-3H3. The van der Waals surface area contributed by atoms with Gasteiger partial charge in [0.2, 0.25) is 15.8 Å². The minimum absolute atomic E-state index is 0.115. The molecular formula is C32H38N4O4S2. The lowest BCUT2D eigenvalue weighted by Gasteiger charge is -2.11. The molecule has 0 saturated carbocycles. The summed E-state index contributed by atoms with van der Waals surface area (Å²) in [6.07, 6.45) is 0. The zero-order valence-corrected chi connectivity index (χ0v) is 26.8. The number of benzene rings is 3. The van der Waals surface area contributed by atoms with Gasteiger partial charge in [0, 0.05) is 19.7 Å². The van der Waals surface area contributed by atoms with E-state index in [1.807, 2.05) is 98.9 Å². The van der Waals surface area contributed by atoms with Crippen molar-refractivity contribution >= 4 is 27.1 Å². The highest BCUT2D eigenvalue weighted by Crippen LogP contribution is 2.16. The third-order valence-electron chi connectivity index (χ3n) is 5.93. The highest BCUT2D eigenvalue weighted by atomic mass is 32.2. The Morgan fingerprint density at radius 3 is 2.14 bits per heavy atom. The van der Waals surface area contributed by atoms with Crippen LogP contribution >= 0.6 is 11.3 Å². The molecule has 3 aromatic carbocycles. The number of hydrogen-bond acceptors (Lipinski definition) is 8. The van der Waals surface area contributed by atoms with E-state index in [4.69, 9.17) is 4.74 Å². The van der Waals surface area contributed by atoms with Crippen LogP contribution in [0.5, 0.6) is 5.75 Å². The first kappa shape index (κ1) is 32.8. The van der Waals surface area contributed by atoms with Crippen molar-refractivity contribution in [3.8, 4) is 5.75 Å². The maximum absolute atomic E-state index is 12.1. The Morgan fingerprint density at radius 1 is 0.857 bits per heavy atom. The summed E-state index contributed by atoms with van der Waals surface area (Å²) in [6, 6.07) is 23.0. The predicted molar refractivity (Wildman–Crippen MR) is 169 cm³/mol. The van der Waals surface area contributed by atoms with Crippen LogP contribution in [0, 0.1) is 20.8 Å². The van der Waals surface area contributed by atoms with E-state index in [-0.39, 0.29) is 10.7 Å². The normalized spacial score (nSPS) is 11.8. The van der Waals surface area contributed by atoms with Gasteiger partial charge in [0.1, 0.15) is 29.4 Å². The molecule has 10 heteroatoms. The van der Waals surface area contributed by atoms with Gasteiger partial charge in [0.25, 0.3) is 0 Å². The molecule has 0 aliphatic carbocycles. The van der Waals surface area contributed by atoms with E-state index in [9.17, 15) is 13.2 Å². The molecule has 0 N–H and O–H groups in total. The number of thiophene rings is 1. The van der Waals surface area contributed by atoms with Crippen LogP contribution in [0.3, 0.4) is 0 Å². The molecule has 0 fully saturated rings. The topological polar surface area (TPSA) is 91.6 Å². The minimum atomic E-state index is -3.45. The minimum Gasteiger partial charge on any atom is -0.478 e. The van der Waals surface area contributed by atoms with Crippen molar-refractivity contribution in [3.05, 3.63) is 116 Å². The molecule has 0 saturated heterocycles. The summed E-state index contributed by atoms with van der Waals surface area (Å²) >= 11 is 1.48. The van der Waals surface area contributed by atoms with Gasteiger partial charge in [-0.15, -0.1) is 11.3 Å². The van der Waals surface area contributed by atoms with Crippen molar-refractivity contribution in [2.45, 2.75) is 25.7 Å². The van der Waals surface area contributed by atoms with Gasteiger partial charge in [0.15, 0.2) is 0 Å². The fourth-order valence-electron chi connectivity index (χ4n) is 3.83. The Hall–Kier alpha value is -3.70. The highest BCUT2D eigenvalue weighted by Gasteiger charge is 2.21. The Morgan fingerprint density at radius 2 is 1.55 bits per heavy atom. The van der Waals surface area contributed by atoms with E-state index in [0.717, 1.165) is 27.3 Å². The van der Waals surface area contributed by atoms with Crippen LogP contribution in [-0.2, 0) is 10.0 Å². The molecule has 8 nitrogen and oxygen atoms in total. The second-order valence-corrected chi connectivity index (χ2v) is 13.3. The molecule has 0 unspecified atom stereocenters. The molecule has 1 aliphatic heterocycles. The Kier molecular flexibility index (Phi) is 11.7. The van der Waals surface area contributed by atoms with E-state index in [0.29, 0.717) is 24.1 Å². The van der Waals surface area contributed by atoms with Gasteiger partial charge in [-0.2, -0.15) is 0 Å². The third-order valence-corrected chi connectivity index (χ3v) is 8.63. The van der Waals surface area contributed by atoms with Gasteiger partial charge >= 0.3 is 0 Å². The van der Waals surface area contributed by atoms with E-state index in [1.54, 1.807) is 6.07 Å². The molecule has 1 aliphatic rings. The first-order chi connectivity index (χ1) is 19.9. The summed E-state index contributed by atoms with van der Waals surface area (Å²) in [7, 11) is 3.54. The van der Waals surface area contributed by atoms with Crippen molar-refractivity contribution in [2.75, 3.05) is 41.6 Å². The number of nitrogens with zero attached hydrogens (tertiary/aromatic N) is 4. The van der Waals surface area contributed by atoms with E-state index in [2.05, 4.69) is 23.0 Å². The van der Waals surface area contributed by atoms with Crippen LogP contribution in [0.15, 0.2) is 93.1 Å². The first-order valence-corrected chi connectivity index (χ1v) is 15.6.